The predicted octanol–water partition coefficient (Wildman–Crippen LogP) is 0.278. The molecule has 2 unspecified atom stereocenters. The number of hydrogen-bond acceptors (Lipinski definition) is 7. The Balaban J connectivity index is 2.54. The van der Waals surface area contributed by atoms with Gasteiger partial charge in [0.15, 0.2) is 9.84 Å². The van der Waals surface area contributed by atoms with Crippen LogP contribution in [0.15, 0.2) is 6.20 Å². The number of sulfone groups is 1. The summed E-state index contributed by atoms with van der Waals surface area (Å²) >= 11 is 0. The summed E-state index contributed by atoms with van der Waals surface area (Å²) in [6.45, 7) is 0. The average molecular weight is 302 g/mol. The van der Waals surface area contributed by atoms with Crippen molar-refractivity contribution >= 4 is 9.84 Å². The van der Waals surface area contributed by atoms with Crippen molar-refractivity contribution in [2.45, 2.75) is 30.1 Å². The number of hydrogen-bond donors (Lipinski definition) is 1. The summed E-state index contributed by atoms with van der Waals surface area (Å²) in [5.41, 5.74) is -1.42. The summed E-state index contributed by atoms with van der Waals surface area (Å²) in [6, 6.07) is 0. The Labute approximate surface area is 117 Å². The molecule has 0 spiro atoms. The van der Waals surface area contributed by atoms with Crippen LogP contribution in [0.1, 0.15) is 25.0 Å². The minimum atomic E-state index is -3.40. The van der Waals surface area contributed by atoms with Gasteiger partial charge < -0.3 is 14.6 Å². The van der Waals surface area contributed by atoms with Gasteiger partial charge in [0.2, 0.25) is 11.8 Å². The number of aliphatic hydroxyl groups is 1. The van der Waals surface area contributed by atoms with Crippen LogP contribution in [-0.4, -0.2) is 49.2 Å². The van der Waals surface area contributed by atoms with Crippen molar-refractivity contribution in [3.05, 3.63) is 11.9 Å². The highest BCUT2D eigenvalue weighted by Crippen LogP contribution is 2.44. The van der Waals surface area contributed by atoms with Crippen molar-refractivity contribution in [3.63, 3.8) is 0 Å². The van der Waals surface area contributed by atoms with Crippen molar-refractivity contribution in [3.8, 4) is 11.8 Å². The van der Waals surface area contributed by atoms with Crippen LogP contribution in [0.5, 0.6) is 11.8 Å². The van der Waals surface area contributed by atoms with Gasteiger partial charge in [0.05, 0.1) is 25.7 Å². The summed E-state index contributed by atoms with van der Waals surface area (Å²) in [7, 11) is -0.577. The fraction of sp³-hybridized carbons (Fsp3) is 0.667. The van der Waals surface area contributed by atoms with E-state index in [1.54, 1.807) is 0 Å². The molecule has 2 rings (SSSR count). The number of aromatic nitrogens is 2. The third kappa shape index (κ3) is 2.45. The second-order valence-electron chi connectivity index (χ2n) is 4.90. The summed E-state index contributed by atoms with van der Waals surface area (Å²) in [5, 5.41) is 9.93. The number of ether oxygens (including phenoxy) is 2. The molecular formula is C12H18N2O5S. The van der Waals surface area contributed by atoms with Crippen LogP contribution < -0.4 is 9.47 Å². The van der Waals surface area contributed by atoms with Gasteiger partial charge in [-0.1, -0.05) is 0 Å². The van der Waals surface area contributed by atoms with E-state index in [9.17, 15) is 13.5 Å². The van der Waals surface area contributed by atoms with Gasteiger partial charge in [0.25, 0.3) is 0 Å². The first kappa shape index (κ1) is 15.0. The molecule has 8 heteroatoms. The SMILES string of the molecule is COc1cnc(C2(O)CCCC2S(C)(=O)=O)c(OC)n1. The molecule has 0 bridgehead atoms. The minimum Gasteiger partial charge on any atom is -0.480 e. The minimum absolute atomic E-state index is 0.0856. The molecular weight excluding hydrogens is 284 g/mol. The first-order valence-corrected chi connectivity index (χ1v) is 8.15. The smallest absolute Gasteiger partial charge is 0.241 e. The van der Waals surface area contributed by atoms with Gasteiger partial charge in [0, 0.05) is 6.26 Å². The van der Waals surface area contributed by atoms with E-state index in [-0.39, 0.29) is 17.5 Å². The Bertz CT molecular complexity index is 604. The number of rotatable bonds is 4. The molecule has 1 aromatic heterocycles. The maximum absolute atomic E-state index is 11.9. The lowest BCUT2D eigenvalue weighted by molar-refractivity contribution is 0.0395. The lowest BCUT2D eigenvalue weighted by atomic mass is 9.97. The zero-order chi connectivity index (χ0) is 15.0. The topological polar surface area (TPSA) is 98.6 Å². The molecule has 1 aliphatic carbocycles. The van der Waals surface area contributed by atoms with Gasteiger partial charge in [-0.05, 0) is 19.3 Å². The molecule has 112 valence electrons. The van der Waals surface area contributed by atoms with Crippen LogP contribution in [0.4, 0.5) is 0 Å². The molecule has 0 radical (unpaired) electrons. The third-order valence-electron chi connectivity index (χ3n) is 3.60. The monoisotopic (exact) mass is 302 g/mol. The lowest BCUT2D eigenvalue weighted by Crippen LogP contribution is -2.40. The van der Waals surface area contributed by atoms with Gasteiger partial charge in [0.1, 0.15) is 11.3 Å². The zero-order valence-corrected chi connectivity index (χ0v) is 12.5. The van der Waals surface area contributed by atoms with Gasteiger partial charge >= 0.3 is 0 Å². The average Bonchev–Trinajstić information content (AvgIpc) is 2.81. The van der Waals surface area contributed by atoms with Crippen molar-refractivity contribution in [1.29, 1.82) is 0 Å². The summed E-state index contributed by atoms with van der Waals surface area (Å²) < 4.78 is 33.8. The first-order chi connectivity index (χ1) is 9.32. The van der Waals surface area contributed by atoms with Crippen LogP contribution >= 0.6 is 0 Å². The van der Waals surface area contributed by atoms with Gasteiger partial charge in [-0.15, -0.1) is 0 Å². The lowest BCUT2D eigenvalue weighted by Gasteiger charge is -2.28. The van der Waals surface area contributed by atoms with E-state index in [1.807, 2.05) is 0 Å². The van der Waals surface area contributed by atoms with Gasteiger partial charge in [-0.2, -0.15) is 4.98 Å². The van der Waals surface area contributed by atoms with Crippen molar-refractivity contribution in [1.82, 2.24) is 9.97 Å². The van der Waals surface area contributed by atoms with Crippen molar-refractivity contribution in [2.75, 3.05) is 20.5 Å². The van der Waals surface area contributed by atoms with Crippen LogP contribution in [0, 0.1) is 0 Å². The molecule has 1 aromatic rings. The van der Waals surface area contributed by atoms with E-state index in [0.717, 1.165) is 6.26 Å². The highest BCUT2D eigenvalue weighted by Gasteiger charge is 2.51. The second-order valence-corrected chi connectivity index (χ2v) is 7.13. The summed E-state index contributed by atoms with van der Waals surface area (Å²) in [5.74, 6) is 0.325. The van der Waals surface area contributed by atoms with E-state index < -0.39 is 20.7 Å². The summed E-state index contributed by atoms with van der Waals surface area (Å²) in [4.78, 5) is 8.17. The van der Waals surface area contributed by atoms with Crippen molar-refractivity contribution in [2.24, 2.45) is 0 Å². The fourth-order valence-corrected chi connectivity index (χ4v) is 4.22. The maximum Gasteiger partial charge on any atom is 0.241 e. The van der Waals surface area contributed by atoms with Crippen LogP contribution in [0.2, 0.25) is 0 Å². The highest BCUT2D eigenvalue weighted by atomic mass is 32.2. The molecule has 1 heterocycles. The van der Waals surface area contributed by atoms with E-state index in [4.69, 9.17) is 9.47 Å². The van der Waals surface area contributed by atoms with Gasteiger partial charge in [-0.25, -0.2) is 13.4 Å². The normalized spacial score (nSPS) is 26.5. The Kier molecular flexibility index (Phi) is 3.88. The van der Waals surface area contributed by atoms with Crippen molar-refractivity contribution < 1.29 is 23.0 Å². The van der Waals surface area contributed by atoms with E-state index >= 15 is 0 Å². The molecule has 1 fully saturated rings. The molecule has 7 nitrogen and oxygen atoms in total. The molecule has 20 heavy (non-hydrogen) atoms. The standard InChI is InChI=1S/C12H18N2O5S/c1-18-9-7-13-10(11(14-9)19-2)12(15)6-4-5-8(12)20(3,16)17/h7-8,15H,4-6H2,1-3H3. The Morgan fingerprint density at radius 2 is 2.10 bits per heavy atom. The molecule has 1 aliphatic rings. The Morgan fingerprint density at radius 3 is 2.65 bits per heavy atom. The Hall–Kier alpha value is -1.41. The second kappa shape index (κ2) is 5.17. The molecule has 1 N–H and O–H groups in total. The first-order valence-electron chi connectivity index (χ1n) is 6.19. The van der Waals surface area contributed by atoms with Gasteiger partial charge in [-0.3, -0.25) is 0 Å². The molecule has 1 saturated carbocycles. The summed E-state index contributed by atoms with van der Waals surface area (Å²) in [6.07, 6.45) is 3.77. The molecule has 0 amide bonds. The molecule has 0 aliphatic heterocycles. The predicted molar refractivity (Wildman–Crippen MR) is 71.5 cm³/mol. The largest absolute Gasteiger partial charge is 0.480 e. The van der Waals surface area contributed by atoms with Crippen LogP contribution in [0.3, 0.4) is 0 Å². The molecule has 2 atom stereocenters. The van der Waals surface area contributed by atoms with E-state index in [1.165, 1.54) is 20.4 Å². The molecule has 0 saturated heterocycles. The fourth-order valence-electron chi connectivity index (χ4n) is 2.69. The Morgan fingerprint density at radius 1 is 1.40 bits per heavy atom. The van der Waals surface area contributed by atoms with Crippen LogP contribution in [0.25, 0.3) is 0 Å². The quantitative estimate of drug-likeness (QED) is 0.852. The highest BCUT2D eigenvalue weighted by molar-refractivity contribution is 7.91. The molecule has 0 aromatic carbocycles. The van der Waals surface area contributed by atoms with E-state index in [0.29, 0.717) is 19.3 Å². The third-order valence-corrected chi connectivity index (χ3v) is 5.26. The number of methoxy groups -OCH3 is 2. The zero-order valence-electron chi connectivity index (χ0n) is 11.7. The van der Waals surface area contributed by atoms with Crippen LogP contribution in [-0.2, 0) is 15.4 Å². The number of nitrogens with zero attached hydrogens (tertiary/aromatic N) is 2. The maximum atomic E-state index is 11.9. The van der Waals surface area contributed by atoms with E-state index in [2.05, 4.69) is 9.97 Å².